The number of imide groups is 1. The molecule has 0 aromatic heterocycles. The molecule has 3 unspecified atom stereocenters. The van der Waals surface area contributed by atoms with Crippen LogP contribution < -0.4 is 0 Å². The molecule has 1 N–H and O–H groups in total. The van der Waals surface area contributed by atoms with E-state index in [2.05, 4.69) is 0 Å². The van der Waals surface area contributed by atoms with Crippen molar-refractivity contribution in [3.63, 3.8) is 0 Å². The van der Waals surface area contributed by atoms with Crippen LogP contribution in [0.1, 0.15) is 39.5 Å². The minimum atomic E-state index is -1.04. The Kier molecular flexibility index (Phi) is 3.17. The van der Waals surface area contributed by atoms with Crippen LogP contribution in [0.25, 0.3) is 0 Å². The van der Waals surface area contributed by atoms with Crippen LogP contribution in [0.5, 0.6) is 0 Å². The van der Waals surface area contributed by atoms with Crippen LogP contribution in [0.3, 0.4) is 0 Å². The summed E-state index contributed by atoms with van der Waals surface area (Å²) in [4.78, 5) is 36.7. The third-order valence-electron chi connectivity index (χ3n) is 4.47. The van der Waals surface area contributed by atoms with Gasteiger partial charge in [-0.2, -0.15) is 0 Å². The molecule has 1 aliphatic carbocycles. The molecule has 0 spiro atoms. The summed E-state index contributed by atoms with van der Waals surface area (Å²) >= 11 is 0. The molecule has 1 saturated heterocycles. The average Bonchev–Trinajstić information content (AvgIpc) is 2.79. The SMILES string of the molecule is CCC(C)(CN1C(=O)C2CCC(C2)C1=O)C(=O)O. The summed E-state index contributed by atoms with van der Waals surface area (Å²) in [5.41, 5.74) is -1.04. The third-order valence-corrected chi connectivity index (χ3v) is 4.47. The van der Waals surface area contributed by atoms with Crippen molar-refractivity contribution in [3.8, 4) is 0 Å². The number of nitrogens with zero attached hydrogens (tertiary/aromatic N) is 1. The summed E-state index contributed by atoms with van der Waals surface area (Å²) < 4.78 is 0. The van der Waals surface area contributed by atoms with Crippen molar-refractivity contribution in [1.82, 2.24) is 4.90 Å². The van der Waals surface area contributed by atoms with Crippen molar-refractivity contribution in [3.05, 3.63) is 0 Å². The number of rotatable bonds is 4. The van der Waals surface area contributed by atoms with Crippen LogP contribution in [0, 0.1) is 17.3 Å². The quantitative estimate of drug-likeness (QED) is 0.766. The molecule has 2 fully saturated rings. The molecule has 3 atom stereocenters. The maximum atomic E-state index is 12.1. The van der Waals surface area contributed by atoms with Gasteiger partial charge in [0.25, 0.3) is 0 Å². The van der Waals surface area contributed by atoms with E-state index in [-0.39, 0.29) is 30.2 Å². The highest BCUT2D eigenvalue weighted by atomic mass is 16.4. The number of piperidine rings is 1. The first-order chi connectivity index (χ1) is 8.39. The number of hydrogen-bond acceptors (Lipinski definition) is 3. The molecule has 2 rings (SSSR count). The molecule has 2 bridgehead atoms. The monoisotopic (exact) mass is 253 g/mol. The van der Waals surface area contributed by atoms with Gasteiger partial charge in [0, 0.05) is 18.4 Å². The molecule has 1 saturated carbocycles. The van der Waals surface area contributed by atoms with Crippen molar-refractivity contribution in [2.45, 2.75) is 39.5 Å². The Morgan fingerprint density at radius 2 is 1.83 bits per heavy atom. The zero-order chi connectivity index (χ0) is 13.5. The van der Waals surface area contributed by atoms with Crippen LogP contribution in [-0.2, 0) is 14.4 Å². The zero-order valence-corrected chi connectivity index (χ0v) is 10.8. The molecule has 5 nitrogen and oxygen atoms in total. The fraction of sp³-hybridized carbons (Fsp3) is 0.769. The van der Waals surface area contributed by atoms with Gasteiger partial charge in [0.05, 0.1) is 5.41 Å². The molecular weight excluding hydrogens is 234 g/mol. The van der Waals surface area contributed by atoms with Crippen LogP contribution in [0.15, 0.2) is 0 Å². The first-order valence-corrected chi connectivity index (χ1v) is 6.47. The van der Waals surface area contributed by atoms with Crippen LogP contribution in [-0.4, -0.2) is 34.3 Å². The lowest BCUT2D eigenvalue weighted by Crippen LogP contribution is -2.52. The fourth-order valence-corrected chi connectivity index (χ4v) is 2.81. The average molecular weight is 253 g/mol. The summed E-state index contributed by atoms with van der Waals surface area (Å²) in [6.07, 6.45) is 2.59. The smallest absolute Gasteiger partial charge is 0.311 e. The van der Waals surface area contributed by atoms with E-state index in [0.717, 1.165) is 12.8 Å². The second-order valence-corrected chi connectivity index (χ2v) is 5.69. The predicted octanol–water partition coefficient (Wildman–Crippen LogP) is 1.27. The van der Waals surface area contributed by atoms with E-state index >= 15 is 0 Å². The van der Waals surface area contributed by atoms with Gasteiger partial charge in [-0.25, -0.2) is 0 Å². The third kappa shape index (κ3) is 1.91. The molecule has 0 aromatic carbocycles. The predicted molar refractivity (Wildman–Crippen MR) is 63.6 cm³/mol. The van der Waals surface area contributed by atoms with E-state index in [0.29, 0.717) is 12.8 Å². The number of likely N-dealkylation sites (tertiary alicyclic amines) is 1. The Morgan fingerprint density at radius 3 is 2.22 bits per heavy atom. The standard InChI is InChI=1S/C13H19NO4/c1-3-13(2,12(17)18)7-14-10(15)8-4-5-9(6-8)11(14)16/h8-9H,3-7H2,1-2H3,(H,17,18). The Hall–Kier alpha value is -1.39. The summed E-state index contributed by atoms with van der Waals surface area (Å²) in [7, 11) is 0. The second-order valence-electron chi connectivity index (χ2n) is 5.69. The summed E-state index contributed by atoms with van der Waals surface area (Å²) in [5.74, 6) is -1.43. The van der Waals surface area contributed by atoms with Gasteiger partial charge in [-0.1, -0.05) is 6.92 Å². The Labute approximate surface area is 106 Å². The number of aliphatic carboxylic acids is 1. The summed E-state index contributed by atoms with van der Waals surface area (Å²) in [6.45, 7) is 3.36. The lowest BCUT2D eigenvalue weighted by atomic mass is 9.85. The molecule has 5 heteroatoms. The van der Waals surface area contributed by atoms with E-state index in [1.54, 1.807) is 13.8 Å². The van der Waals surface area contributed by atoms with Crippen LogP contribution in [0.2, 0.25) is 0 Å². The van der Waals surface area contributed by atoms with E-state index in [1.165, 1.54) is 4.90 Å². The maximum Gasteiger partial charge on any atom is 0.311 e. The van der Waals surface area contributed by atoms with Crippen molar-refractivity contribution in [1.29, 1.82) is 0 Å². The molecule has 1 aliphatic heterocycles. The first kappa shape index (κ1) is 13.1. The van der Waals surface area contributed by atoms with Crippen molar-refractivity contribution < 1.29 is 19.5 Å². The van der Waals surface area contributed by atoms with Gasteiger partial charge in [0.2, 0.25) is 11.8 Å². The molecule has 2 aliphatic rings. The lowest BCUT2D eigenvalue weighted by Gasteiger charge is -2.35. The molecule has 2 amide bonds. The van der Waals surface area contributed by atoms with Gasteiger partial charge < -0.3 is 5.11 Å². The summed E-state index contributed by atoms with van der Waals surface area (Å²) in [5, 5.41) is 9.23. The minimum absolute atomic E-state index is 0.00347. The summed E-state index contributed by atoms with van der Waals surface area (Å²) in [6, 6.07) is 0. The number of amides is 2. The van der Waals surface area contributed by atoms with Gasteiger partial charge in [-0.05, 0) is 32.6 Å². The highest BCUT2D eigenvalue weighted by Gasteiger charge is 2.48. The number of carboxylic acid groups (broad SMARTS) is 1. The second kappa shape index (κ2) is 4.37. The minimum Gasteiger partial charge on any atom is -0.481 e. The Bertz CT molecular complexity index is 384. The normalized spacial score (nSPS) is 30.4. The van der Waals surface area contributed by atoms with Crippen LogP contribution in [0.4, 0.5) is 0 Å². The van der Waals surface area contributed by atoms with E-state index in [4.69, 9.17) is 0 Å². The molecule has 1 heterocycles. The highest BCUT2D eigenvalue weighted by molar-refractivity contribution is 6.01. The van der Waals surface area contributed by atoms with Crippen molar-refractivity contribution in [2.75, 3.05) is 6.54 Å². The van der Waals surface area contributed by atoms with Gasteiger partial charge in [0.1, 0.15) is 0 Å². The number of hydrogen-bond donors (Lipinski definition) is 1. The largest absolute Gasteiger partial charge is 0.481 e. The zero-order valence-electron chi connectivity index (χ0n) is 10.8. The Balaban J connectivity index is 2.20. The number of carbonyl (C=O) groups excluding carboxylic acids is 2. The van der Waals surface area contributed by atoms with Gasteiger partial charge in [-0.15, -0.1) is 0 Å². The van der Waals surface area contributed by atoms with E-state index in [9.17, 15) is 19.5 Å². The fourth-order valence-electron chi connectivity index (χ4n) is 2.81. The first-order valence-electron chi connectivity index (χ1n) is 6.47. The number of carbonyl (C=O) groups is 3. The van der Waals surface area contributed by atoms with Gasteiger partial charge in [-0.3, -0.25) is 19.3 Å². The van der Waals surface area contributed by atoms with Gasteiger partial charge >= 0.3 is 5.97 Å². The van der Waals surface area contributed by atoms with Crippen LogP contribution >= 0.6 is 0 Å². The lowest BCUT2D eigenvalue weighted by molar-refractivity contribution is -0.159. The molecular formula is C13H19NO4. The Morgan fingerprint density at radius 1 is 1.33 bits per heavy atom. The topological polar surface area (TPSA) is 74.7 Å². The molecule has 0 radical (unpaired) electrons. The van der Waals surface area contributed by atoms with E-state index in [1.807, 2.05) is 0 Å². The number of fused-ring (bicyclic) bond motifs is 2. The van der Waals surface area contributed by atoms with Gasteiger partial charge in [0.15, 0.2) is 0 Å². The number of carboxylic acids is 1. The van der Waals surface area contributed by atoms with Crippen molar-refractivity contribution in [2.24, 2.45) is 17.3 Å². The van der Waals surface area contributed by atoms with E-state index < -0.39 is 11.4 Å². The highest BCUT2D eigenvalue weighted by Crippen LogP contribution is 2.39. The molecule has 100 valence electrons. The molecule has 0 aromatic rings. The van der Waals surface area contributed by atoms with Crippen molar-refractivity contribution >= 4 is 17.8 Å². The maximum absolute atomic E-state index is 12.1. The molecule has 18 heavy (non-hydrogen) atoms.